The third-order valence-corrected chi connectivity index (χ3v) is 11.4. The number of para-hydroxylation sites is 2. The lowest BCUT2D eigenvalue weighted by Gasteiger charge is -2.21. The van der Waals surface area contributed by atoms with Gasteiger partial charge in [0, 0.05) is 38.2 Å². The van der Waals surface area contributed by atoms with E-state index < -0.39 is 34.6 Å². The van der Waals surface area contributed by atoms with Gasteiger partial charge in [-0.2, -0.15) is 0 Å². The Balaban J connectivity index is 1.27. The second-order valence-electron chi connectivity index (χ2n) is 14.9. The van der Waals surface area contributed by atoms with Gasteiger partial charge in [-0.1, -0.05) is 86.1 Å². The van der Waals surface area contributed by atoms with E-state index in [4.69, 9.17) is 0 Å². The van der Waals surface area contributed by atoms with Gasteiger partial charge in [0.2, 0.25) is 5.82 Å². The highest BCUT2D eigenvalue weighted by Gasteiger charge is 2.36. The van der Waals surface area contributed by atoms with Gasteiger partial charge in [0.05, 0.1) is 33.3 Å². The van der Waals surface area contributed by atoms with Crippen LogP contribution in [0.4, 0.5) is 22.0 Å². The monoisotopic (exact) mass is 718 g/mol. The molecule has 2 aromatic heterocycles. The van der Waals surface area contributed by atoms with Gasteiger partial charge in [-0.05, 0) is 90.2 Å². The van der Waals surface area contributed by atoms with Crippen LogP contribution in [0.25, 0.3) is 77.2 Å². The standard InChI is InChI=1S/C47H31F5N2/c1-24-19-25(2)46(33(20-24)40-41(48)43(50)45(52)44(51)42(40)49)54-37-16-10-7-12-28(37)31-21-26(17-18-38(31)54)53-36-15-9-6-13-29(36)32-22-30-27-11-5-8-14-34(27)47(3,4)35(30)23-39(32)53/h5-23H,1-4H3. The molecule has 1 aliphatic carbocycles. The van der Waals surface area contributed by atoms with E-state index in [2.05, 4.69) is 79.1 Å². The predicted octanol–water partition coefficient (Wildman–Crippen LogP) is 13.2. The molecule has 264 valence electrons. The number of hydrogen-bond donors (Lipinski definition) is 0. The van der Waals surface area contributed by atoms with Crippen molar-refractivity contribution >= 4 is 43.6 Å². The Morgan fingerprint density at radius 2 is 1.02 bits per heavy atom. The lowest BCUT2D eigenvalue weighted by molar-refractivity contribution is 0.381. The summed E-state index contributed by atoms with van der Waals surface area (Å²) in [7, 11) is 0. The SMILES string of the molecule is Cc1cc(C)c(-n2c3ccccc3c3cc(-n4c5ccccc5c5cc6c(cc54)C(C)(C)c4ccccc4-6)ccc32)c(-c2c(F)c(F)c(F)c(F)c2F)c1. The van der Waals surface area contributed by atoms with Crippen molar-refractivity contribution in [3.63, 3.8) is 0 Å². The maximum absolute atomic E-state index is 15.5. The van der Waals surface area contributed by atoms with E-state index in [1.54, 1.807) is 13.8 Å². The van der Waals surface area contributed by atoms with Crippen molar-refractivity contribution in [2.45, 2.75) is 33.1 Å². The highest BCUT2D eigenvalue weighted by atomic mass is 19.2. The van der Waals surface area contributed by atoms with Crippen LogP contribution in [-0.4, -0.2) is 9.13 Å². The van der Waals surface area contributed by atoms with E-state index in [0.717, 1.165) is 49.3 Å². The molecule has 0 aliphatic heterocycles. The van der Waals surface area contributed by atoms with E-state index in [-0.39, 0.29) is 11.0 Å². The lowest BCUT2D eigenvalue weighted by atomic mass is 9.82. The molecule has 7 heteroatoms. The molecular formula is C47H31F5N2. The molecule has 0 atom stereocenters. The van der Waals surface area contributed by atoms with E-state index in [1.165, 1.54) is 28.3 Å². The van der Waals surface area contributed by atoms with Crippen LogP contribution in [0.15, 0.2) is 115 Å². The molecule has 2 heterocycles. The van der Waals surface area contributed by atoms with Crippen molar-refractivity contribution in [2.24, 2.45) is 0 Å². The number of benzene rings is 7. The Labute approximate surface area is 307 Å². The number of fused-ring (bicyclic) bond motifs is 9. The van der Waals surface area contributed by atoms with Gasteiger partial charge < -0.3 is 9.13 Å². The fourth-order valence-corrected chi connectivity index (χ4v) is 9.07. The second-order valence-corrected chi connectivity index (χ2v) is 14.9. The van der Waals surface area contributed by atoms with Gasteiger partial charge in [-0.3, -0.25) is 0 Å². The number of aromatic nitrogens is 2. The van der Waals surface area contributed by atoms with Crippen LogP contribution in [0.5, 0.6) is 0 Å². The molecule has 7 aromatic carbocycles. The molecule has 0 amide bonds. The lowest BCUT2D eigenvalue weighted by Crippen LogP contribution is -2.14. The molecule has 0 saturated carbocycles. The normalized spacial score (nSPS) is 13.4. The van der Waals surface area contributed by atoms with Gasteiger partial charge in [0.1, 0.15) is 0 Å². The van der Waals surface area contributed by atoms with Crippen molar-refractivity contribution < 1.29 is 22.0 Å². The average Bonchev–Trinajstić information content (AvgIpc) is 3.75. The first-order valence-corrected chi connectivity index (χ1v) is 17.8. The zero-order chi connectivity index (χ0) is 37.4. The van der Waals surface area contributed by atoms with Crippen LogP contribution in [0.2, 0.25) is 0 Å². The summed E-state index contributed by atoms with van der Waals surface area (Å²) >= 11 is 0. The molecular weight excluding hydrogens is 688 g/mol. The number of hydrogen-bond acceptors (Lipinski definition) is 0. The molecule has 0 radical (unpaired) electrons. The number of nitrogens with zero attached hydrogens (tertiary/aromatic N) is 2. The maximum Gasteiger partial charge on any atom is 0.200 e. The van der Waals surface area contributed by atoms with Crippen molar-refractivity contribution in [1.29, 1.82) is 0 Å². The quantitative estimate of drug-likeness (QED) is 0.0978. The molecule has 54 heavy (non-hydrogen) atoms. The fraction of sp³-hybridized carbons (Fsp3) is 0.106. The maximum atomic E-state index is 15.5. The molecule has 0 spiro atoms. The molecule has 9 aromatic rings. The van der Waals surface area contributed by atoms with Crippen LogP contribution >= 0.6 is 0 Å². The average molecular weight is 719 g/mol. The molecule has 10 rings (SSSR count). The minimum Gasteiger partial charge on any atom is -0.309 e. The predicted molar refractivity (Wildman–Crippen MR) is 207 cm³/mol. The van der Waals surface area contributed by atoms with Crippen LogP contribution in [0.3, 0.4) is 0 Å². The summed E-state index contributed by atoms with van der Waals surface area (Å²) in [5.74, 6) is -9.89. The zero-order valence-corrected chi connectivity index (χ0v) is 29.8. The number of aryl methyl sites for hydroxylation is 2. The van der Waals surface area contributed by atoms with Crippen molar-refractivity contribution in [3.05, 3.63) is 167 Å². The van der Waals surface area contributed by atoms with E-state index >= 15 is 8.78 Å². The van der Waals surface area contributed by atoms with Gasteiger partial charge >= 0.3 is 0 Å². The summed E-state index contributed by atoms with van der Waals surface area (Å²) in [6, 6.07) is 38.7. The largest absolute Gasteiger partial charge is 0.309 e. The third kappa shape index (κ3) is 4.21. The summed E-state index contributed by atoms with van der Waals surface area (Å²) in [5.41, 5.74) is 9.84. The molecule has 0 N–H and O–H groups in total. The Bertz CT molecular complexity index is 3080. The molecule has 0 bridgehead atoms. The second kappa shape index (κ2) is 11.2. The number of halogens is 5. The van der Waals surface area contributed by atoms with Crippen molar-refractivity contribution in [1.82, 2.24) is 9.13 Å². The molecule has 2 nitrogen and oxygen atoms in total. The Hall–Kier alpha value is -6.21. The summed E-state index contributed by atoms with van der Waals surface area (Å²) in [4.78, 5) is 0. The zero-order valence-electron chi connectivity index (χ0n) is 29.8. The van der Waals surface area contributed by atoms with Gasteiger partial charge in [0.25, 0.3) is 0 Å². The molecule has 0 unspecified atom stereocenters. The Kier molecular flexibility index (Phi) is 6.70. The minimum absolute atomic E-state index is 0.0908. The fourth-order valence-electron chi connectivity index (χ4n) is 9.07. The summed E-state index contributed by atoms with van der Waals surface area (Å²) in [6.07, 6.45) is 0. The van der Waals surface area contributed by atoms with E-state index in [9.17, 15) is 13.2 Å². The molecule has 0 fully saturated rings. The highest BCUT2D eigenvalue weighted by Crippen LogP contribution is 2.51. The van der Waals surface area contributed by atoms with Crippen LogP contribution in [-0.2, 0) is 5.41 Å². The molecule has 0 saturated heterocycles. The first-order chi connectivity index (χ1) is 26.0. The van der Waals surface area contributed by atoms with Gasteiger partial charge in [-0.15, -0.1) is 0 Å². The summed E-state index contributed by atoms with van der Waals surface area (Å²) in [5, 5.41) is 4.01. The smallest absolute Gasteiger partial charge is 0.200 e. The Morgan fingerprint density at radius 3 is 1.72 bits per heavy atom. The number of rotatable bonds is 3. The topological polar surface area (TPSA) is 9.86 Å². The first-order valence-electron chi connectivity index (χ1n) is 17.8. The molecule has 1 aliphatic rings. The van der Waals surface area contributed by atoms with Gasteiger partial charge in [-0.25, -0.2) is 22.0 Å². The third-order valence-electron chi connectivity index (χ3n) is 11.4. The van der Waals surface area contributed by atoms with E-state index in [1.807, 2.05) is 53.1 Å². The summed E-state index contributed by atoms with van der Waals surface area (Å²) < 4.78 is 78.9. The van der Waals surface area contributed by atoms with E-state index in [0.29, 0.717) is 16.8 Å². The summed E-state index contributed by atoms with van der Waals surface area (Å²) in [6.45, 7) is 8.05. The van der Waals surface area contributed by atoms with Crippen molar-refractivity contribution in [2.75, 3.05) is 0 Å². The minimum atomic E-state index is -2.19. The highest BCUT2D eigenvalue weighted by molar-refractivity contribution is 6.14. The van der Waals surface area contributed by atoms with Crippen LogP contribution in [0, 0.1) is 42.9 Å². The first kappa shape index (κ1) is 32.4. The van der Waals surface area contributed by atoms with Crippen LogP contribution < -0.4 is 0 Å². The Morgan fingerprint density at radius 1 is 0.444 bits per heavy atom. The van der Waals surface area contributed by atoms with Crippen LogP contribution in [0.1, 0.15) is 36.1 Å². The van der Waals surface area contributed by atoms with Crippen molar-refractivity contribution in [3.8, 4) is 33.6 Å². The van der Waals surface area contributed by atoms with Gasteiger partial charge in [0.15, 0.2) is 23.3 Å².